The van der Waals surface area contributed by atoms with Crippen LogP contribution in [0.15, 0.2) is 35.2 Å². The number of nitrogens with zero attached hydrogens (tertiary/aromatic N) is 4. The van der Waals surface area contributed by atoms with Gasteiger partial charge >= 0.3 is 0 Å². The molecule has 10 nitrogen and oxygen atoms in total. The van der Waals surface area contributed by atoms with Gasteiger partial charge in [0.15, 0.2) is 5.13 Å². The number of nitrogens with one attached hydrogen (secondary N) is 2. The van der Waals surface area contributed by atoms with Crippen LogP contribution in [0.3, 0.4) is 0 Å². The van der Waals surface area contributed by atoms with E-state index in [9.17, 15) is 18.0 Å². The molecule has 2 aliphatic heterocycles. The number of pyridine rings is 1. The molecule has 0 spiro atoms. The van der Waals surface area contributed by atoms with Gasteiger partial charge in [0, 0.05) is 25.0 Å². The minimum Gasteiger partial charge on any atom is -0.331 e. The average molecular weight is 595 g/mol. The molecule has 1 saturated heterocycles. The number of carbonyl (C=O) groups excluding carboxylic acids is 2. The first-order chi connectivity index (χ1) is 19.6. The number of benzene rings is 1. The highest BCUT2D eigenvalue weighted by Gasteiger charge is 2.41. The molecule has 41 heavy (non-hydrogen) atoms. The second-order valence-electron chi connectivity index (χ2n) is 11.2. The van der Waals surface area contributed by atoms with Crippen LogP contribution in [0, 0.1) is 12.8 Å². The molecule has 2 fully saturated rings. The molecule has 2 amide bonds. The van der Waals surface area contributed by atoms with E-state index in [1.54, 1.807) is 15.9 Å². The Morgan fingerprint density at radius 3 is 2.61 bits per heavy atom. The largest absolute Gasteiger partial charge is 0.331 e. The summed E-state index contributed by atoms with van der Waals surface area (Å²) in [6, 6.07) is 9.19. The lowest BCUT2D eigenvalue weighted by Crippen LogP contribution is -2.42. The highest BCUT2D eigenvalue weighted by molar-refractivity contribution is 7.89. The van der Waals surface area contributed by atoms with Gasteiger partial charge in [-0.25, -0.2) is 23.1 Å². The topological polar surface area (TPSA) is 125 Å². The Bertz CT molecular complexity index is 1650. The minimum absolute atomic E-state index is 0.00000696. The van der Waals surface area contributed by atoms with Gasteiger partial charge in [0.05, 0.1) is 21.0 Å². The number of anilines is 3. The smallest absolute Gasteiger partial charge is 0.256 e. The quantitative estimate of drug-likeness (QED) is 0.383. The summed E-state index contributed by atoms with van der Waals surface area (Å²) >= 11 is 1.39. The lowest BCUT2D eigenvalue weighted by molar-refractivity contribution is -0.120. The van der Waals surface area contributed by atoms with Crippen molar-refractivity contribution in [1.29, 1.82) is 0 Å². The number of carbonyl (C=O) groups is 2. The third-order valence-corrected chi connectivity index (χ3v) is 10.9. The zero-order valence-corrected chi connectivity index (χ0v) is 25.2. The van der Waals surface area contributed by atoms with Crippen LogP contribution in [0.4, 0.5) is 16.8 Å². The van der Waals surface area contributed by atoms with Crippen molar-refractivity contribution in [2.45, 2.75) is 76.4 Å². The zero-order valence-electron chi connectivity index (χ0n) is 23.6. The second-order valence-corrected chi connectivity index (χ2v) is 14.0. The molecule has 1 saturated carbocycles. The number of fused-ring (bicyclic) bond motifs is 1. The molecule has 4 heterocycles. The molecule has 0 bridgehead atoms. The molecule has 3 aliphatic rings. The molecular weight excluding hydrogens is 560 g/mol. The Balaban J connectivity index is 1.33. The van der Waals surface area contributed by atoms with E-state index in [1.165, 1.54) is 18.4 Å². The van der Waals surface area contributed by atoms with E-state index in [-0.39, 0.29) is 34.4 Å². The lowest BCUT2D eigenvalue weighted by Gasteiger charge is -2.32. The van der Waals surface area contributed by atoms with E-state index in [4.69, 9.17) is 9.97 Å². The van der Waals surface area contributed by atoms with E-state index >= 15 is 0 Å². The number of thiazole rings is 1. The predicted molar refractivity (Wildman–Crippen MR) is 159 cm³/mol. The molecule has 6 rings (SSSR count). The van der Waals surface area contributed by atoms with E-state index in [2.05, 4.69) is 10.0 Å². The van der Waals surface area contributed by atoms with E-state index in [0.29, 0.717) is 46.8 Å². The first-order valence-corrected chi connectivity index (χ1v) is 16.3. The summed E-state index contributed by atoms with van der Waals surface area (Å²) in [7, 11) is -2.53. The van der Waals surface area contributed by atoms with Crippen molar-refractivity contribution in [3.63, 3.8) is 0 Å². The summed E-state index contributed by atoms with van der Waals surface area (Å²) < 4.78 is 28.6. The lowest BCUT2D eigenvalue weighted by atomic mass is 10.0. The van der Waals surface area contributed by atoms with E-state index in [0.717, 1.165) is 36.3 Å². The standard InChI is InChI=1S/C29H34N6O4S2/c1-16-7-5-10-25(36)35(16)24-9-6-8-23(32-24)33-29-31-17(2)27(40-29)20-13-21-15-34(18(3)19-11-12-19)28(37)26(21)22(14-20)41(38,39)30-4/h6,8-9,13-14,16,18-19,30H,5,7,10-12,15H2,1-4H3,(H,31,32,33)/t16-,18+/m1/s1. The van der Waals surface area contributed by atoms with Crippen molar-refractivity contribution < 1.29 is 18.0 Å². The molecule has 2 aromatic heterocycles. The monoisotopic (exact) mass is 594 g/mol. The normalized spacial score (nSPS) is 20.0. The van der Waals surface area contributed by atoms with Gasteiger partial charge in [0.2, 0.25) is 15.9 Å². The number of aryl methyl sites for hydroxylation is 1. The fourth-order valence-corrected chi connectivity index (χ4v) is 7.86. The number of sulfonamides is 1. The number of hydrogen-bond acceptors (Lipinski definition) is 8. The SMILES string of the molecule is CNS(=O)(=O)c1cc(-c2sc(Nc3cccc(N4C(=O)CCC[C@H]4C)n3)nc2C)cc2c1C(=O)N([C@@H](C)C1CC1)C2. The summed E-state index contributed by atoms with van der Waals surface area (Å²) in [5.74, 6) is 1.49. The highest BCUT2D eigenvalue weighted by Crippen LogP contribution is 2.42. The van der Waals surface area contributed by atoms with Crippen LogP contribution in [-0.4, -0.2) is 54.2 Å². The van der Waals surface area contributed by atoms with Crippen LogP contribution in [0.5, 0.6) is 0 Å². The van der Waals surface area contributed by atoms with Crippen LogP contribution in [0.1, 0.15) is 67.6 Å². The van der Waals surface area contributed by atoms with E-state index in [1.807, 2.05) is 45.0 Å². The maximum atomic E-state index is 13.4. The highest BCUT2D eigenvalue weighted by atomic mass is 32.2. The number of piperidine rings is 1. The Morgan fingerprint density at radius 1 is 1.12 bits per heavy atom. The molecule has 2 N–H and O–H groups in total. The third kappa shape index (κ3) is 5.13. The first-order valence-electron chi connectivity index (χ1n) is 14.0. The fourth-order valence-electron chi connectivity index (χ4n) is 5.91. The third-order valence-electron chi connectivity index (χ3n) is 8.35. The molecule has 2 atom stereocenters. The van der Waals surface area contributed by atoms with Gasteiger partial charge in [0.1, 0.15) is 11.6 Å². The van der Waals surface area contributed by atoms with Crippen LogP contribution in [0.2, 0.25) is 0 Å². The Kier molecular flexibility index (Phi) is 7.11. The molecule has 216 valence electrons. The number of hydrogen-bond donors (Lipinski definition) is 2. The molecular formula is C29H34N6O4S2. The van der Waals surface area contributed by atoms with Crippen molar-refractivity contribution in [2.24, 2.45) is 5.92 Å². The molecule has 1 aliphatic carbocycles. The van der Waals surface area contributed by atoms with Crippen LogP contribution < -0.4 is 14.9 Å². The number of aromatic nitrogens is 2. The summed E-state index contributed by atoms with van der Waals surface area (Å²) in [6.07, 6.45) is 4.54. The van der Waals surface area contributed by atoms with Crippen LogP contribution in [-0.2, 0) is 21.4 Å². The van der Waals surface area contributed by atoms with Crippen molar-refractivity contribution >= 4 is 49.9 Å². The average Bonchev–Trinajstić information content (AvgIpc) is 3.65. The van der Waals surface area contributed by atoms with Crippen molar-refractivity contribution in [3.8, 4) is 10.4 Å². The van der Waals surface area contributed by atoms with Gasteiger partial charge in [-0.3, -0.25) is 14.5 Å². The Hall–Kier alpha value is -3.35. The van der Waals surface area contributed by atoms with Gasteiger partial charge in [-0.05, 0) is 94.8 Å². The van der Waals surface area contributed by atoms with Gasteiger partial charge < -0.3 is 10.2 Å². The van der Waals surface area contributed by atoms with Gasteiger partial charge in [-0.2, -0.15) is 0 Å². The Morgan fingerprint density at radius 2 is 1.90 bits per heavy atom. The first kappa shape index (κ1) is 27.8. The second kappa shape index (κ2) is 10.5. The van der Waals surface area contributed by atoms with Crippen molar-refractivity contribution in [1.82, 2.24) is 19.6 Å². The molecule has 12 heteroatoms. The van der Waals surface area contributed by atoms with Gasteiger partial charge in [-0.15, -0.1) is 0 Å². The van der Waals surface area contributed by atoms with Gasteiger partial charge in [0.25, 0.3) is 5.91 Å². The minimum atomic E-state index is -3.89. The molecule has 3 aromatic rings. The zero-order chi connectivity index (χ0) is 29.1. The summed E-state index contributed by atoms with van der Waals surface area (Å²) in [6.45, 7) is 6.35. The van der Waals surface area contributed by atoms with E-state index < -0.39 is 10.0 Å². The number of rotatable bonds is 8. The summed E-state index contributed by atoms with van der Waals surface area (Å²) in [5, 5.41) is 3.86. The number of amides is 2. The summed E-state index contributed by atoms with van der Waals surface area (Å²) in [4.78, 5) is 39.8. The van der Waals surface area contributed by atoms with Crippen molar-refractivity contribution in [2.75, 3.05) is 17.3 Å². The predicted octanol–water partition coefficient (Wildman–Crippen LogP) is 4.82. The fraction of sp³-hybridized carbons (Fsp3) is 0.448. The molecule has 0 unspecified atom stereocenters. The maximum Gasteiger partial charge on any atom is 0.256 e. The molecule has 0 radical (unpaired) electrons. The molecule has 1 aromatic carbocycles. The van der Waals surface area contributed by atoms with Crippen LogP contribution in [0.25, 0.3) is 10.4 Å². The summed E-state index contributed by atoms with van der Waals surface area (Å²) in [5.41, 5.74) is 2.40. The van der Waals surface area contributed by atoms with Crippen molar-refractivity contribution in [3.05, 3.63) is 47.2 Å². The Labute approximate surface area is 244 Å². The van der Waals surface area contributed by atoms with Crippen LogP contribution >= 0.6 is 11.3 Å². The maximum absolute atomic E-state index is 13.4. The van der Waals surface area contributed by atoms with Gasteiger partial charge in [-0.1, -0.05) is 17.4 Å².